The van der Waals surface area contributed by atoms with Crippen LogP contribution >= 0.6 is 0 Å². The first-order chi connectivity index (χ1) is 7.65. The molecule has 0 fully saturated rings. The minimum atomic E-state index is -0.277. The van der Waals surface area contributed by atoms with Crippen LogP contribution in [0.4, 0.5) is 0 Å². The molecule has 0 radical (unpaired) electrons. The fourth-order valence-corrected chi connectivity index (χ4v) is 1.25. The lowest BCUT2D eigenvalue weighted by Gasteiger charge is -2.13. The molecule has 1 rings (SSSR count). The van der Waals surface area contributed by atoms with Gasteiger partial charge in [0.05, 0.1) is 20.6 Å². The molecule has 0 amide bonds. The van der Waals surface area contributed by atoms with E-state index in [2.05, 4.69) is 4.74 Å². The first-order valence-electron chi connectivity index (χ1n) is 5.03. The molecule has 0 N–H and O–H groups in total. The summed E-state index contributed by atoms with van der Waals surface area (Å²) in [4.78, 5) is 11.0. The molecular formula is C12H16O4. The van der Waals surface area contributed by atoms with Crippen molar-refractivity contribution in [1.82, 2.24) is 0 Å². The van der Waals surface area contributed by atoms with Gasteiger partial charge < -0.3 is 14.2 Å². The Kier molecular flexibility index (Phi) is 4.64. The van der Waals surface area contributed by atoms with Gasteiger partial charge in [-0.2, -0.15) is 0 Å². The maximum Gasteiger partial charge on any atom is 0.309 e. The van der Waals surface area contributed by atoms with E-state index in [1.165, 1.54) is 7.11 Å². The van der Waals surface area contributed by atoms with Gasteiger partial charge in [-0.1, -0.05) is 0 Å². The molecule has 1 aromatic rings. The molecule has 1 unspecified atom stereocenters. The SMILES string of the molecule is COC(=O)CC(C)Oc1ccc(OC)cc1. The van der Waals surface area contributed by atoms with Crippen LogP contribution in [-0.2, 0) is 9.53 Å². The summed E-state index contributed by atoms with van der Waals surface area (Å²) < 4.78 is 15.1. The van der Waals surface area contributed by atoms with Crippen molar-refractivity contribution in [1.29, 1.82) is 0 Å². The summed E-state index contributed by atoms with van der Waals surface area (Å²) in [6.45, 7) is 1.82. The Hall–Kier alpha value is -1.71. The molecule has 0 aliphatic heterocycles. The average molecular weight is 224 g/mol. The highest BCUT2D eigenvalue weighted by atomic mass is 16.5. The number of hydrogen-bond acceptors (Lipinski definition) is 4. The highest BCUT2D eigenvalue weighted by Crippen LogP contribution is 2.18. The van der Waals surface area contributed by atoms with E-state index in [1.54, 1.807) is 31.4 Å². The first kappa shape index (κ1) is 12.4. The molecule has 4 heteroatoms. The van der Waals surface area contributed by atoms with Crippen molar-refractivity contribution >= 4 is 5.97 Å². The van der Waals surface area contributed by atoms with E-state index >= 15 is 0 Å². The largest absolute Gasteiger partial charge is 0.497 e. The van der Waals surface area contributed by atoms with Crippen molar-refractivity contribution in [2.75, 3.05) is 14.2 Å². The Bertz CT molecular complexity index is 331. The smallest absolute Gasteiger partial charge is 0.309 e. The van der Waals surface area contributed by atoms with Crippen LogP contribution in [0.25, 0.3) is 0 Å². The Morgan fingerprint density at radius 3 is 2.25 bits per heavy atom. The summed E-state index contributed by atoms with van der Waals surface area (Å²) in [6, 6.07) is 7.21. The van der Waals surface area contributed by atoms with Crippen LogP contribution in [0.2, 0.25) is 0 Å². The van der Waals surface area contributed by atoms with Crippen molar-refractivity contribution in [3.8, 4) is 11.5 Å². The zero-order chi connectivity index (χ0) is 12.0. The number of hydrogen-bond donors (Lipinski definition) is 0. The summed E-state index contributed by atoms with van der Waals surface area (Å²) in [5.41, 5.74) is 0. The number of ether oxygens (including phenoxy) is 3. The predicted molar refractivity (Wildman–Crippen MR) is 59.7 cm³/mol. The lowest BCUT2D eigenvalue weighted by Crippen LogP contribution is -2.17. The van der Waals surface area contributed by atoms with Gasteiger partial charge in [0.1, 0.15) is 17.6 Å². The van der Waals surface area contributed by atoms with Crippen LogP contribution in [0.5, 0.6) is 11.5 Å². The van der Waals surface area contributed by atoms with Gasteiger partial charge in [0.25, 0.3) is 0 Å². The minimum Gasteiger partial charge on any atom is -0.497 e. The molecule has 0 saturated heterocycles. The lowest BCUT2D eigenvalue weighted by molar-refractivity contribution is -0.142. The monoisotopic (exact) mass is 224 g/mol. The van der Waals surface area contributed by atoms with Gasteiger partial charge >= 0.3 is 5.97 Å². The van der Waals surface area contributed by atoms with Crippen LogP contribution in [0.1, 0.15) is 13.3 Å². The number of carbonyl (C=O) groups excluding carboxylic acids is 1. The minimum absolute atomic E-state index is 0.208. The maximum atomic E-state index is 11.0. The summed E-state index contributed by atoms with van der Waals surface area (Å²) in [6.07, 6.45) is 0.0311. The van der Waals surface area contributed by atoms with Crippen molar-refractivity contribution < 1.29 is 19.0 Å². The first-order valence-corrected chi connectivity index (χ1v) is 5.03. The molecule has 16 heavy (non-hydrogen) atoms. The van der Waals surface area contributed by atoms with Crippen molar-refractivity contribution in [3.05, 3.63) is 24.3 Å². The summed E-state index contributed by atoms with van der Waals surface area (Å²) in [7, 11) is 2.97. The standard InChI is InChI=1S/C12H16O4/c1-9(8-12(13)15-3)16-11-6-4-10(14-2)5-7-11/h4-7,9H,8H2,1-3H3. The molecule has 1 atom stereocenters. The van der Waals surface area contributed by atoms with Crippen molar-refractivity contribution in [3.63, 3.8) is 0 Å². The Morgan fingerprint density at radius 2 is 1.75 bits per heavy atom. The molecule has 0 aliphatic carbocycles. The summed E-state index contributed by atoms with van der Waals surface area (Å²) in [5.74, 6) is 1.20. The van der Waals surface area contributed by atoms with Gasteiger partial charge in [-0.3, -0.25) is 4.79 Å². The third-order valence-corrected chi connectivity index (χ3v) is 2.08. The van der Waals surface area contributed by atoms with Gasteiger partial charge in [-0.15, -0.1) is 0 Å². The van der Waals surface area contributed by atoms with E-state index in [1.807, 2.05) is 6.92 Å². The molecule has 1 aromatic carbocycles. The van der Waals surface area contributed by atoms with Crippen LogP contribution in [0, 0.1) is 0 Å². The lowest BCUT2D eigenvalue weighted by atomic mass is 10.2. The Balaban J connectivity index is 2.49. The quantitative estimate of drug-likeness (QED) is 0.718. The molecule has 4 nitrogen and oxygen atoms in total. The predicted octanol–water partition coefficient (Wildman–Crippen LogP) is 2.03. The zero-order valence-electron chi connectivity index (χ0n) is 9.73. The average Bonchev–Trinajstić information content (AvgIpc) is 2.29. The molecular weight excluding hydrogens is 208 g/mol. The van der Waals surface area contributed by atoms with Gasteiger partial charge in [-0.25, -0.2) is 0 Å². The number of carbonyl (C=O) groups is 1. The van der Waals surface area contributed by atoms with Gasteiger partial charge in [0.2, 0.25) is 0 Å². The number of methoxy groups -OCH3 is 2. The molecule has 0 spiro atoms. The second-order valence-electron chi connectivity index (χ2n) is 3.38. The van der Waals surface area contributed by atoms with Crippen molar-refractivity contribution in [2.45, 2.75) is 19.4 Å². The zero-order valence-corrected chi connectivity index (χ0v) is 9.73. The third kappa shape index (κ3) is 3.81. The van der Waals surface area contributed by atoms with E-state index in [4.69, 9.17) is 9.47 Å². The molecule has 0 heterocycles. The van der Waals surface area contributed by atoms with Crippen LogP contribution in [0.15, 0.2) is 24.3 Å². The van der Waals surface area contributed by atoms with Gasteiger partial charge in [0, 0.05) is 0 Å². The highest BCUT2D eigenvalue weighted by Gasteiger charge is 2.10. The normalized spacial score (nSPS) is 11.7. The molecule has 0 aliphatic rings. The van der Waals surface area contributed by atoms with Crippen molar-refractivity contribution in [2.24, 2.45) is 0 Å². The van der Waals surface area contributed by atoms with E-state index < -0.39 is 0 Å². The van der Waals surface area contributed by atoms with E-state index in [0.29, 0.717) is 5.75 Å². The van der Waals surface area contributed by atoms with Gasteiger partial charge in [-0.05, 0) is 31.2 Å². The van der Waals surface area contributed by atoms with Crippen LogP contribution in [0.3, 0.4) is 0 Å². The summed E-state index contributed by atoms with van der Waals surface area (Å²) >= 11 is 0. The van der Waals surface area contributed by atoms with E-state index in [0.717, 1.165) is 5.75 Å². The number of rotatable bonds is 5. The molecule has 0 bridgehead atoms. The van der Waals surface area contributed by atoms with E-state index in [9.17, 15) is 4.79 Å². The molecule has 0 saturated carbocycles. The highest BCUT2D eigenvalue weighted by molar-refractivity contribution is 5.69. The number of esters is 1. The third-order valence-electron chi connectivity index (χ3n) is 2.08. The van der Waals surface area contributed by atoms with Crippen LogP contribution in [-0.4, -0.2) is 26.3 Å². The molecule has 88 valence electrons. The second kappa shape index (κ2) is 6.00. The maximum absolute atomic E-state index is 11.0. The Labute approximate surface area is 95.1 Å². The fraction of sp³-hybridized carbons (Fsp3) is 0.417. The summed E-state index contributed by atoms with van der Waals surface area (Å²) in [5, 5.41) is 0. The van der Waals surface area contributed by atoms with Gasteiger partial charge in [0.15, 0.2) is 0 Å². The second-order valence-corrected chi connectivity index (χ2v) is 3.38. The van der Waals surface area contributed by atoms with E-state index in [-0.39, 0.29) is 18.5 Å². The van der Waals surface area contributed by atoms with Crippen LogP contribution < -0.4 is 9.47 Å². The molecule has 0 aromatic heterocycles. The fourth-order valence-electron chi connectivity index (χ4n) is 1.25. The number of benzene rings is 1. The Morgan fingerprint density at radius 1 is 1.19 bits per heavy atom. The topological polar surface area (TPSA) is 44.8 Å².